The van der Waals surface area contributed by atoms with E-state index >= 15 is 0 Å². The van der Waals surface area contributed by atoms with Crippen LogP contribution in [-0.4, -0.2) is 4.98 Å². The molecule has 1 heterocycles. The van der Waals surface area contributed by atoms with Gasteiger partial charge in [0, 0.05) is 11.8 Å². The van der Waals surface area contributed by atoms with Crippen molar-refractivity contribution in [2.24, 2.45) is 0 Å². The van der Waals surface area contributed by atoms with E-state index in [1.807, 2.05) is 25.3 Å². The third kappa shape index (κ3) is 2.03. The predicted molar refractivity (Wildman–Crippen MR) is 69.2 cm³/mol. The lowest BCUT2D eigenvalue weighted by Gasteiger charge is -2.06. The van der Waals surface area contributed by atoms with Crippen molar-refractivity contribution in [1.82, 2.24) is 4.98 Å². The smallest absolute Gasteiger partial charge is 0.0708 e. The van der Waals surface area contributed by atoms with Crippen molar-refractivity contribution >= 4 is 6.08 Å². The number of pyridine rings is 1. The number of aryl methyl sites for hydroxylation is 2. The number of hydrogen-bond donors (Lipinski definition) is 0. The highest BCUT2D eigenvalue weighted by Gasteiger charge is 2.03. The van der Waals surface area contributed by atoms with Gasteiger partial charge in [0.2, 0.25) is 0 Å². The van der Waals surface area contributed by atoms with Crippen LogP contribution in [0.5, 0.6) is 0 Å². The first-order valence-corrected chi connectivity index (χ1v) is 5.37. The zero-order valence-corrected chi connectivity index (χ0v) is 9.70. The van der Waals surface area contributed by atoms with Gasteiger partial charge in [0.25, 0.3) is 0 Å². The summed E-state index contributed by atoms with van der Waals surface area (Å²) in [5, 5.41) is 0. The van der Waals surface area contributed by atoms with E-state index in [9.17, 15) is 0 Å². The molecule has 0 radical (unpaired) electrons. The fourth-order valence-electron chi connectivity index (χ4n) is 1.71. The summed E-state index contributed by atoms with van der Waals surface area (Å²) in [7, 11) is 0. The van der Waals surface area contributed by atoms with Gasteiger partial charge in [-0.15, -0.1) is 0 Å². The van der Waals surface area contributed by atoms with E-state index in [-0.39, 0.29) is 0 Å². The van der Waals surface area contributed by atoms with Gasteiger partial charge in [0.1, 0.15) is 0 Å². The second-order valence-electron chi connectivity index (χ2n) is 4.02. The lowest BCUT2D eigenvalue weighted by Crippen LogP contribution is -1.88. The van der Waals surface area contributed by atoms with Crippen LogP contribution in [0, 0.1) is 13.8 Å². The molecular weight excluding hydrogens is 194 g/mol. The van der Waals surface area contributed by atoms with E-state index in [0.29, 0.717) is 0 Å². The van der Waals surface area contributed by atoms with Crippen molar-refractivity contribution in [1.29, 1.82) is 0 Å². The van der Waals surface area contributed by atoms with Crippen molar-refractivity contribution < 1.29 is 0 Å². The maximum Gasteiger partial charge on any atom is 0.0708 e. The molecule has 0 spiro atoms. The summed E-state index contributed by atoms with van der Waals surface area (Å²) < 4.78 is 0. The van der Waals surface area contributed by atoms with Crippen LogP contribution in [0.4, 0.5) is 0 Å². The third-order valence-electron chi connectivity index (χ3n) is 2.61. The summed E-state index contributed by atoms with van der Waals surface area (Å²) in [6, 6.07) is 10.5. The summed E-state index contributed by atoms with van der Waals surface area (Å²) in [6.45, 7) is 7.97. The second-order valence-corrected chi connectivity index (χ2v) is 4.02. The molecule has 1 nitrogen and oxygen atoms in total. The second kappa shape index (κ2) is 4.31. The van der Waals surface area contributed by atoms with E-state index < -0.39 is 0 Å². The Balaban J connectivity index is 2.55. The van der Waals surface area contributed by atoms with Crippen LogP contribution in [0.2, 0.25) is 0 Å². The maximum absolute atomic E-state index is 4.44. The van der Waals surface area contributed by atoms with Crippen LogP contribution in [-0.2, 0) is 0 Å². The summed E-state index contributed by atoms with van der Waals surface area (Å²) in [4.78, 5) is 4.44. The molecule has 0 saturated carbocycles. The Labute approximate surface area is 96.5 Å². The van der Waals surface area contributed by atoms with Crippen molar-refractivity contribution in [2.75, 3.05) is 0 Å². The topological polar surface area (TPSA) is 12.9 Å². The molecule has 0 aliphatic carbocycles. The van der Waals surface area contributed by atoms with Crippen LogP contribution in [0.1, 0.15) is 16.7 Å². The summed E-state index contributed by atoms with van der Waals surface area (Å²) in [6.07, 6.45) is 3.77. The lowest BCUT2D eigenvalue weighted by atomic mass is 10.0. The molecule has 0 amide bonds. The van der Waals surface area contributed by atoms with Gasteiger partial charge in [-0.25, -0.2) is 0 Å². The Morgan fingerprint density at radius 3 is 2.44 bits per heavy atom. The van der Waals surface area contributed by atoms with E-state index in [2.05, 4.69) is 42.8 Å². The number of hydrogen-bond acceptors (Lipinski definition) is 1. The van der Waals surface area contributed by atoms with Crippen molar-refractivity contribution in [3.63, 3.8) is 0 Å². The molecule has 16 heavy (non-hydrogen) atoms. The average Bonchev–Trinajstić information content (AvgIpc) is 2.30. The minimum atomic E-state index is 1.00. The average molecular weight is 209 g/mol. The van der Waals surface area contributed by atoms with Crippen LogP contribution in [0.3, 0.4) is 0 Å². The van der Waals surface area contributed by atoms with Crippen LogP contribution in [0.15, 0.2) is 43.1 Å². The number of nitrogens with zero attached hydrogens (tertiary/aromatic N) is 1. The van der Waals surface area contributed by atoms with Crippen molar-refractivity contribution in [2.45, 2.75) is 13.8 Å². The minimum absolute atomic E-state index is 1.00. The van der Waals surface area contributed by atoms with E-state index in [1.165, 1.54) is 11.1 Å². The molecule has 0 aliphatic rings. The zero-order valence-electron chi connectivity index (χ0n) is 9.70. The zero-order chi connectivity index (χ0) is 11.5. The Kier molecular flexibility index (Phi) is 2.86. The van der Waals surface area contributed by atoms with Gasteiger partial charge in [0.15, 0.2) is 0 Å². The Bertz CT molecular complexity index is 509. The number of rotatable bonds is 2. The fourth-order valence-corrected chi connectivity index (χ4v) is 1.71. The monoisotopic (exact) mass is 209 g/mol. The molecule has 1 aromatic heterocycles. The Morgan fingerprint density at radius 1 is 1.06 bits per heavy atom. The molecular formula is C15H15N. The number of benzene rings is 1. The molecule has 80 valence electrons. The van der Waals surface area contributed by atoms with Crippen LogP contribution < -0.4 is 0 Å². The Morgan fingerprint density at radius 2 is 1.81 bits per heavy atom. The van der Waals surface area contributed by atoms with Crippen LogP contribution in [0.25, 0.3) is 17.3 Å². The summed E-state index contributed by atoms with van der Waals surface area (Å²) in [5.74, 6) is 0. The minimum Gasteiger partial charge on any atom is -0.256 e. The molecule has 2 aromatic rings. The Hall–Kier alpha value is -1.89. The van der Waals surface area contributed by atoms with Gasteiger partial charge in [0.05, 0.1) is 5.69 Å². The highest BCUT2D eigenvalue weighted by atomic mass is 14.7. The van der Waals surface area contributed by atoms with E-state index in [1.54, 1.807) is 0 Å². The molecule has 0 bridgehead atoms. The standard InChI is InChI=1S/C15H15N/c1-4-13-9-11(2)5-7-14(13)15-8-6-12(3)10-16-15/h4-10H,1H2,2-3H3. The van der Waals surface area contributed by atoms with Gasteiger partial charge in [-0.2, -0.15) is 0 Å². The number of aromatic nitrogens is 1. The van der Waals surface area contributed by atoms with Gasteiger partial charge < -0.3 is 0 Å². The van der Waals surface area contributed by atoms with Crippen LogP contribution >= 0.6 is 0 Å². The first-order valence-electron chi connectivity index (χ1n) is 5.37. The molecule has 0 atom stereocenters. The predicted octanol–water partition coefficient (Wildman–Crippen LogP) is 4.01. The van der Waals surface area contributed by atoms with Gasteiger partial charge in [-0.1, -0.05) is 42.5 Å². The van der Waals surface area contributed by atoms with E-state index in [4.69, 9.17) is 0 Å². The molecule has 2 rings (SSSR count). The molecule has 0 N–H and O–H groups in total. The third-order valence-corrected chi connectivity index (χ3v) is 2.61. The molecule has 0 saturated heterocycles. The quantitative estimate of drug-likeness (QED) is 0.728. The van der Waals surface area contributed by atoms with E-state index in [0.717, 1.165) is 16.8 Å². The molecule has 0 aliphatic heterocycles. The first kappa shape index (κ1) is 10.6. The molecule has 1 heteroatoms. The van der Waals surface area contributed by atoms with Gasteiger partial charge >= 0.3 is 0 Å². The van der Waals surface area contributed by atoms with Gasteiger partial charge in [-0.3, -0.25) is 4.98 Å². The summed E-state index contributed by atoms with van der Waals surface area (Å²) in [5.41, 5.74) is 5.69. The highest BCUT2D eigenvalue weighted by molar-refractivity contribution is 5.72. The maximum atomic E-state index is 4.44. The normalized spacial score (nSPS) is 10.1. The summed E-state index contributed by atoms with van der Waals surface area (Å²) >= 11 is 0. The lowest BCUT2D eigenvalue weighted by molar-refractivity contribution is 1.27. The van der Waals surface area contributed by atoms with Crippen molar-refractivity contribution in [3.8, 4) is 11.3 Å². The molecule has 0 fully saturated rings. The SMILES string of the molecule is C=Cc1cc(C)ccc1-c1ccc(C)cn1. The molecule has 1 aromatic carbocycles. The highest BCUT2D eigenvalue weighted by Crippen LogP contribution is 2.23. The first-order chi connectivity index (χ1) is 7.70. The molecule has 0 unspecified atom stereocenters. The largest absolute Gasteiger partial charge is 0.256 e. The fraction of sp³-hybridized carbons (Fsp3) is 0.133. The van der Waals surface area contributed by atoms with Gasteiger partial charge in [-0.05, 0) is 31.0 Å². The van der Waals surface area contributed by atoms with Crippen molar-refractivity contribution in [3.05, 3.63) is 59.8 Å².